The van der Waals surface area contributed by atoms with Crippen LogP contribution >= 0.6 is 0 Å². The summed E-state index contributed by atoms with van der Waals surface area (Å²) in [5.74, 6) is -1.22. The second-order valence-electron chi connectivity index (χ2n) is 5.26. The van der Waals surface area contributed by atoms with Crippen molar-refractivity contribution in [2.45, 2.75) is 23.9 Å². The number of benzene rings is 2. The number of halogens is 9. The molecule has 2 rings (SSSR count). The van der Waals surface area contributed by atoms with Crippen molar-refractivity contribution in [1.29, 1.82) is 0 Å². The van der Waals surface area contributed by atoms with E-state index in [0.717, 1.165) is 19.2 Å². The number of phenolic OH excluding ortho intramolecular Hbond substituents is 1. The summed E-state index contributed by atoms with van der Waals surface area (Å²) in [5.41, 5.74) is -8.25. The Kier molecular flexibility index (Phi) is 4.49. The average Bonchev–Trinajstić information content (AvgIpc) is 2.43. The van der Waals surface area contributed by atoms with Crippen molar-refractivity contribution in [3.63, 3.8) is 0 Å². The molecular formula is C15H9F9O2. The first-order valence-electron chi connectivity index (χ1n) is 6.69. The molecule has 144 valence electrons. The lowest BCUT2D eigenvalue weighted by Crippen LogP contribution is -2.63. The van der Waals surface area contributed by atoms with Gasteiger partial charge >= 0.3 is 18.5 Å². The van der Waals surface area contributed by atoms with Gasteiger partial charge in [0.15, 0.2) is 0 Å². The van der Waals surface area contributed by atoms with Gasteiger partial charge < -0.3 is 9.84 Å². The summed E-state index contributed by atoms with van der Waals surface area (Å²) in [6.45, 7) is 0. The number of aromatic hydroxyl groups is 1. The van der Waals surface area contributed by atoms with Crippen LogP contribution in [0, 0.1) is 0 Å². The molecule has 1 N–H and O–H groups in total. The van der Waals surface area contributed by atoms with Crippen LogP contribution in [0.25, 0.3) is 10.8 Å². The van der Waals surface area contributed by atoms with Gasteiger partial charge in [-0.05, 0) is 23.1 Å². The first-order valence-corrected chi connectivity index (χ1v) is 6.69. The molecule has 0 atom stereocenters. The molecule has 0 saturated carbocycles. The average molecular weight is 392 g/mol. The summed E-state index contributed by atoms with van der Waals surface area (Å²) in [6.07, 6.45) is -20.3. The number of rotatable bonds is 2. The quantitative estimate of drug-likeness (QED) is 0.686. The molecule has 2 aromatic rings. The van der Waals surface area contributed by atoms with Crippen LogP contribution in [-0.4, -0.2) is 30.7 Å². The molecule has 2 nitrogen and oxygen atoms in total. The van der Waals surface area contributed by atoms with Crippen LogP contribution in [0.5, 0.6) is 11.5 Å². The van der Waals surface area contributed by atoms with E-state index >= 15 is 0 Å². The number of phenols is 1. The number of hydrogen-bond donors (Lipinski definition) is 1. The SMILES string of the molecule is COc1ccc(C(C(F)(F)F)(C(F)(F)F)C(F)(F)F)c2cccc(O)c12. The molecule has 0 aliphatic rings. The Morgan fingerprint density at radius 3 is 1.69 bits per heavy atom. The smallest absolute Gasteiger partial charge is 0.416 e. The van der Waals surface area contributed by atoms with Crippen LogP contribution in [0.3, 0.4) is 0 Å². The fraction of sp³-hybridized carbons (Fsp3) is 0.333. The monoisotopic (exact) mass is 392 g/mol. The summed E-state index contributed by atoms with van der Waals surface area (Å²) in [4.78, 5) is 0. The zero-order valence-electron chi connectivity index (χ0n) is 12.6. The van der Waals surface area contributed by atoms with Crippen LogP contribution in [0.4, 0.5) is 39.5 Å². The van der Waals surface area contributed by atoms with Gasteiger partial charge in [0.1, 0.15) is 11.5 Å². The second-order valence-corrected chi connectivity index (χ2v) is 5.26. The Hall–Kier alpha value is -2.33. The maximum absolute atomic E-state index is 13.3. The fourth-order valence-electron chi connectivity index (χ4n) is 2.79. The molecule has 0 aromatic heterocycles. The molecule has 0 aliphatic carbocycles. The molecule has 0 unspecified atom stereocenters. The van der Waals surface area contributed by atoms with Gasteiger partial charge in [-0.25, -0.2) is 0 Å². The van der Waals surface area contributed by atoms with E-state index in [1.165, 1.54) is 0 Å². The molecule has 0 amide bonds. The minimum absolute atomic E-state index is 0.0507. The van der Waals surface area contributed by atoms with Crippen molar-refractivity contribution in [2.24, 2.45) is 0 Å². The highest BCUT2D eigenvalue weighted by Crippen LogP contribution is 2.62. The van der Waals surface area contributed by atoms with Crippen molar-refractivity contribution in [2.75, 3.05) is 7.11 Å². The highest BCUT2D eigenvalue weighted by molar-refractivity contribution is 5.96. The predicted molar refractivity (Wildman–Crippen MR) is 72.0 cm³/mol. The first kappa shape index (κ1) is 20.0. The summed E-state index contributed by atoms with van der Waals surface area (Å²) in [6, 6.07) is 2.90. The van der Waals surface area contributed by atoms with Crippen LogP contribution in [-0.2, 0) is 5.41 Å². The van der Waals surface area contributed by atoms with E-state index in [-0.39, 0.29) is 11.8 Å². The normalized spacial score (nSPS) is 13.9. The Morgan fingerprint density at radius 1 is 0.769 bits per heavy atom. The molecule has 0 saturated heterocycles. The third kappa shape index (κ3) is 2.60. The molecule has 0 heterocycles. The molecule has 2 aromatic carbocycles. The van der Waals surface area contributed by atoms with Crippen molar-refractivity contribution in [3.05, 3.63) is 35.9 Å². The molecule has 0 fully saturated rings. The molecule has 0 spiro atoms. The summed E-state index contributed by atoms with van der Waals surface area (Å²) in [7, 11) is 0.991. The van der Waals surface area contributed by atoms with Crippen molar-refractivity contribution in [1.82, 2.24) is 0 Å². The van der Waals surface area contributed by atoms with E-state index < -0.39 is 46.0 Å². The van der Waals surface area contributed by atoms with Crippen molar-refractivity contribution >= 4 is 10.8 Å². The maximum Gasteiger partial charge on any atom is 0.416 e. The van der Waals surface area contributed by atoms with Gasteiger partial charge in [-0.15, -0.1) is 0 Å². The van der Waals surface area contributed by atoms with Crippen molar-refractivity contribution < 1.29 is 49.4 Å². The lowest BCUT2D eigenvalue weighted by atomic mass is 9.75. The molecule has 0 bridgehead atoms. The lowest BCUT2D eigenvalue weighted by Gasteiger charge is -2.39. The number of ether oxygens (including phenoxy) is 1. The van der Waals surface area contributed by atoms with Crippen LogP contribution in [0.15, 0.2) is 30.3 Å². The minimum atomic E-state index is -6.75. The summed E-state index contributed by atoms with van der Waals surface area (Å²) in [5, 5.41) is 7.97. The molecule has 26 heavy (non-hydrogen) atoms. The van der Waals surface area contributed by atoms with Gasteiger partial charge in [-0.3, -0.25) is 0 Å². The Morgan fingerprint density at radius 2 is 1.27 bits per heavy atom. The molecule has 11 heteroatoms. The van der Waals surface area contributed by atoms with Gasteiger partial charge in [0, 0.05) is 0 Å². The Bertz CT molecular complexity index is 783. The summed E-state index contributed by atoms with van der Waals surface area (Å²) >= 11 is 0. The van der Waals surface area contributed by atoms with Crippen LogP contribution < -0.4 is 4.74 Å². The van der Waals surface area contributed by atoms with E-state index in [1.807, 2.05) is 0 Å². The van der Waals surface area contributed by atoms with Crippen molar-refractivity contribution in [3.8, 4) is 11.5 Å². The topological polar surface area (TPSA) is 29.5 Å². The Labute approximate surface area is 139 Å². The highest BCUT2D eigenvalue weighted by atomic mass is 19.4. The summed E-state index contributed by atoms with van der Waals surface area (Å²) < 4.78 is 125. The standard InChI is InChI=1S/C15H9F9O2/c1-26-10-6-5-8(7-3-2-4-9(25)11(7)10)12(13(16,17)18,14(19,20)21)15(22,23)24/h2-6,25H,1H3. The lowest BCUT2D eigenvalue weighted by molar-refractivity contribution is -0.386. The number of hydrogen-bond acceptors (Lipinski definition) is 2. The van der Waals surface area contributed by atoms with Crippen LogP contribution in [0.2, 0.25) is 0 Å². The fourth-order valence-corrected chi connectivity index (χ4v) is 2.79. The largest absolute Gasteiger partial charge is 0.507 e. The third-order valence-electron chi connectivity index (χ3n) is 3.88. The van der Waals surface area contributed by atoms with E-state index in [4.69, 9.17) is 4.74 Å². The predicted octanol–water partition coefficient (Wildman–Crippen LogP) is 5.48. The van der Waals surface area contributed by atoms with Gasteiger partial charge in [-0.1, -0.05) is 18.2 Å². The van der Waals surface area contributed by atoms with Gasteiger partial charge in [0.2, 0.25) is 0 Å². The minimum Gasteiger partial charge on any atom is -0.507 e. The number of alkyl halides is 9. The van der Waals surface area contributed by atoms with E-state index in [0.29, 0.717) is 12.1 Å². The molecule has 0 aliphatic heterocycles. The number of methoxy groups -OCH3 is 1. The van der Waals surface area contributed by atoms with Gasteiger partial charge in [0.05, 0.1) is 12.5 Å². The zero-order chi connectivity index (χ0) is 20.1. The van der Waals surface area contributed by atoms with Gasteiger partial charge in [-0.2, -0.15) is 39.5 Å². The van der Waals surface area contributed by atoms with E-state index in [2.05, 4.69) is 0 Å². The highest BCUT2D eigenvalue weighted by Gasteiger charge is 2.84. The van der Waals surface area contributed by atoms with E-state index in [9.17, 15) is 44.6 Å². The number of fused-ring (bicyclic) bond motifs is 1. The first-order chi connectivity index (χ1) is 11.7. The van der Waals surface area contributed by atoms with Crippen LogP contribution in [0.1, 0.15) is 5.56 Å². The molecular weight excluding hydrogens is 383 g/mol. The Balaban J connectivity index is 3.13. The maximum atomic E-state index is 13.3. The second kappa shape index (κ2) is 5.85. The zero-order valence-corrected chi connectivity index (χ0v) is 12.6. The van der Waals surface area contributed by atoms with E-state index in [1.54, 1.807) is 0 Å². The third-order valence-corrected chi connectivity index (χ3v) is 3.88. The van der Waals surface area contributed by atoms with Gasteiger partial charge in [0.25, 0.3) is 5.41 Å². The molecule has 0 radical (unpaired) electrons.